The van der Waals surface area contributed by atoms with Crippen LogP contribution in [0.4, 0.5) is 0 Å². The zero-order valence-electron chi connectivity index (χ0n) is 14.5. The van der Waals surface area contributed by atoms with Crippen molar-refractivity contribution >= 4 is 15.9 Å². The van der Waals surface area contributed by atoms with Gasteiger partial charge in [0.05, 0.1) is 5.60 Å². The van der Waals surface area contributed by atoms with Gasteiger partial charge in [0.2, 0.25) is 0 Å². The van der Waals surface area contributed by atoms with E-state index in [4.69, 9.17) is 5.11 Å². The summed E-state index contributed by atoms with van der Waals surface area (Å²) in [5.41, 5.74) is 1.03. The maximum absolute atomic E-state index is 11.3. The molecule has 0 aliphatic heterocycles. The first-order valence-corrected chi connectivity index (χ1v) is 9.20. The lowest BCUT2D eigenvalue weighted by molar-refractivity contribution is -0.0000207. The van der Waals surface area contributed by atoms with Gasteiger partial charge in [-0.2, -0.15) is 0 Å². The topological polar surface area (TPSA) is 52.5 Å². The van der Waals surface area contributed by atoms with Crippen molar-refractivity contribution in [3.8, 4) is 0 Å². The van der Waals surface area contributed by atoms with Gasteiger partial charge in [-0.25, -0.2) is 0 Å². The second kappa shape index (κ2) is 10.9. The van der Waals surface area contributed by atoms with Gasteiger partial charge in [-0.3, -0.25) is 0 Å². The molecular weight excluding hydrogens is 402 g/mol. The summed E-state index contributed by atoms with van der Waals surface area (Å²) in [6.07, 6.45) is 1.73. The van der Waals surface area contributed by atoms with Crippen molar-refractivity contribution in [3.63, 3.8) is 0 Å². The molecule has 0 bridgehead atoms. The third kappa shape index (κ3) is 6.39. The fourth-order valence-electron chi connectivity index (χ4n) is 2.92. The van der Waals surface area contributed by atoms with Gasteiger partial charge in [0, 0.05) is 23.5 Å². The summed E-state index contributed by atoms with van der Waals surface area (Å²) in [6, 6.07) is 18.0. The third-order valence-electron chi connectivity index (χ3n) is 4.42. The Kier molecular flexibility index (Phi) is 9.69. The van der Waals surface area contributed by atoms with Crippen LogP contribution in [-0.4, -0.2) is 29.9 Å². The first-order valence-electron chi connectivity index (χ1n) is 8.40. The normalized spacial score (nSPS) is 14.4. The first-order chi connectivity index (χ1) is 11.6. The number of aliphatic hydroxyl groups excluding tert-OH is 1. The van der Waals surface area contributed by atoms with E-state index in [1.807, 2.05) is 49.4 Å². The highest BCUT2D eigenvalue weighted by Gasteiger charge is 2.34. The predicted octanol–water partition coefficient (Wildman–Crippen LogP) is 0.806. The molecule has 2 aromatic carbocycles. The third-order valence-corrected chi connectivity index (χ3v) is 4.95. The molecule has 3 N–H and O–H groups in total. The molecule has 2 aromatic rings. The minimum atomic E-state index is -0.980. The van der Waals surface area contributed by atoms with E-state index in [9.17, 15) is 5.11 Å². The number of rotatable bonds is 9. The Labute approximate surface area is 165 Å². The minimum Gasteiger partial charge on any atom is -1.00 e. The Bertz CT molecular complexity index is 605. The van der Waals surface area contributed by atoms with Crippen LogP contribution >= 0.6 is 15.9 Å². The molecule has 2 atom stereocenters. The molecule has 0 aliphatic rings. The second-order valence-electron chi connectivity index (χ2n) is 6.25. The lowest BCUT2D eigenvalue weighted by atomic mass is 9.78. The van der Waals surface area contributed by atoms with Crippen molar-refractivity contribution in [2.45, 2.75) is 31.3 Å². The largest absolute Gasteiger partial charge is 1.00 e. The van der Waals surface area contributed by atoms with E-state index in [0.717, 1.165) is 35.0 Å². The summed E-state index contributed by atoms with van der Waals surface area (Å²) in [6.45, 7) is 3.61. The number of nitrogens with one attached hydrogen (secondary N) is 1. The van der Waals surface area contributed by atoms with Crippen molar-refractivity contribution in [2.24, 2.45) is 0 Å². The summed E-state index contributed by atoms with van der Waals surface area (Å²) in [5.74, 6) is -0.0611. The molecule has 0 saturated carbocycles. The smallest absolute Gasteiger partial charge is 0.0948 e. The van der Waals surface area contributed by atoms with Gasteiger partial charge in [-0.1, -0.05) is 58.4 Å². The molecule has 0 saturated heterocycles. The number of hydrogen-bond acceptors (Lipinski definition) is 3. The van der Waals surface area contributed by atoms with E-state index in [1.54, 1.807) is 0 Å². The fourth-order valence-corrected chi connectivity index (χ4v) is 3.19. The standard InChI is InChI=1S/C20H26BrNO2.ClH/c1-20(24,17-9-11-18(21)12-10-17)19(15-22-13-5-6-14-23)16-7-3-2-4-8-16;/h2-4,7-12,19,22-24H,5-6,13-15H2,1H3;1H/p-1. The Morgan fingerprint density at radius 1 is 1.04 bits per heavy atom. The van der Waals surface area contributed by atoms with Crippen LogP contribution in [0.1, 0.15) is 36.8 Å². The molecule has 0 heterocycles. The maximum Gasteiger partial charge on any atom is 0.0948 e. The van der Waals surface area contributed by atoms with Gasteiger partial charge in [0.1, 0.15) is 0 Å². The molecule has 0 fully saturated rings. The molecule has 5 heteroatoms. The van der Waals surface area contributed by atoms with Crippen LogP contribution in [0.3, 0.4) is 0 Å². The zero-order valence-corrected chi connectivity index (χ0v) is 16.8. The fraction of sp³-hybridized carbons (Fsp3) is 0.400. The predicted molar refractivity (Wildman–Crippen MR) is 102 cm³/mol. The Balaban J connectivity index is 0.00000312. The molecule has 0 aromatic heterocycles. The maximum atomic E-state index is 11.3. The van der Waals surface area contributed by atoms with Gasteiger partial charge in [0.15, 0.2) is 0 Å². The van der Waals surface area contributed by atoms with Crippen LogP contribution in [0.25, 0.3) is 0 Å². The lowest BCUT2D eigenvalue weighted by Crippen LogP contribution is -3.00. The number of unbranched alkanes of at least 4 members (excludes halogenated alkanes) is 1. The van der Waals surface area contributed by atoms with Crippen molar-refractivity contribution in [1.82, 2.24) is 5.32 Å². The monoisotopic (exact) mass is 426 g/mol. The zero-order chi connectivity index (χ0) is 17.4. The Morgan fingerprint density at radius 3 is 2.28 bits per heavy atom. The summed E-state index contributed by atoms with van der Waals surface area (Å²) in [7, 11) is 0. The first kappa shape index (κ1) is 22.1. The Morgan fingerprint density at radius 2 is 1.68 bits per heavy atom. The van der Waals surface area contributed by atoms with Crippen molar-refractivity contribution in [1.29, 1.82) is 0 Å². The molecule has 2 unspecified atom stereocenters. The van der Waals surface area contributed by atoms with E-state index >= 15 is 0 Å². The summed E-state index contributed by atoms with van der Waals surface area (Å²) >= 11 is 3.45. The summed E-state index contributed by atoms with van der Waals surface area (Å²) in [5, 5.41) is 23.6. The van der Waals surface area contributed by atoms with Gasteiger partial charge in [-0.15, -0.1) is 0 Å². The van der Waals surface area contributed by atoms with Crippen LogP contribution < -0.4 is 17.7 Å². The number of halogens is 2. The van der Waals surface area contributed by atoms with Crippen LogP contribution in [0.2, 0.25) is 0 Å². The molecule has 2 rings (SSSR count). The molecule has 25 heavy (non-hydrogen) atoms. The van der Waals surface area contributed by atoms with Crippen LogP contribution in [0.15, 0.2) is 59.1 Å². The van der Waals surface area contributed by atoms with E-state index in [1.165, 1.54) is 0 Å². The average molecular weight is 428 g/mol. The highest BCUT2D eigenvalue weighted by atomic mass is 79.9. The average Bonchev–Trinajstić information content (AvgIpc) is 2.59. The van der Waals surface area contributed by atoms with E-state index in [0.29, 0.717) is 6.54 Å². The summed E-state index contributed by atoms with van der Waals surface area (Å²) < 4.78 is 1.00. The highest BCUT2D eigenvalue weighted by molar-refractivity contribution is 9.10. The molecule has 138 valence electrons. The summed E-state index contributed by atoms with van der Waals surface area (Å²) in [4.78, 5) is 0. The van der Waals surface area contributed by atoms with Crippen molar-refractivity contribution < 1.29 is 22.6 Å². The lowest BCUT2D eigenvalue weighted by Gasteiger charge is -2.34. The van der Waals surface area contributed by atoms with Crippen LogP contribution in [0, 0.1) is 0 Å². The molecule has 0 radical (unpaired) electrons. The number of aliphatic hydroxyl groups is 2. The molecule has 0 amide bonds. The molecule has 0 spiro atoms. The van der Waals surface area contributed by atoms with Gasteiger partial charge in [-0.05, 0) is 49.6 Å². The van der Waals surface area contributed by atoms with Crippen LogP contribution in [0.5, 0.6) is 0 Å². The van der Waals surface area contributed by atoms with Crippen LogP contribution in [-0.2, 0) is 5.60 Å². The quantitative estimate of drug-likeness (QED) is 0.519. The van der Waals surface area contributed by atoms with E-state index in [2.05, 4.69) is 33.4 Å². The Hall–Kier alpha value is -0.910. The van der Waals surface area contributed by atoms with Crippen molar-refractivity contribution in [3.05, 3.63) is 70.2 Å². The molecular formula is C20H26BrClNO2-. The molecule has 0 aliphatic carbocycles. The van der Waals surface area contributed by atoms with Crippen molar-refractivity contribution in [2.75, 3.05) is 19.7 Å². The number of benzene rings is 2. The van der Waals surface area contributed by atoms with E-state index < -0.39 is 5.60 Å². The van der Waals surface area contributed by atoms with E-state index in [-0.39, 0.29) is 24.9 Å². The SMILES string of the molecule is CC(O)(c1ccc(Br)cc1)C(CNCCCCO)c1ccccc1.[Cl-]. The second-order valence-corrected chi connectivity index (χ2v) is 7.17. The molecule has 3 nitrogen and oxygen atoms in total. The minimum absolute atomic E-state index is 0. The van der Waals surface area contributed by atoms with Gasteiger partial charge < -0.3 is 27.9 Å². The highest BCUT2D eigenvalue weighted by Crippen LogP contribution is 2.36. The van der Waals surface area contributed by atoms with Gasteiger partial charge in [0.25, 0.3) is 0 Å². The number of hydrogen-bond donors (Lipinski definition) is 3. The van der Waals surface area contributed by atoms with Gasteiger partial charge >= 0.3 is 0 Å².